The number of hydrogen-bond donors (Lipinski definition) is 1. The highest BCUT2D eigenvalue weighted by Gasteiger charge is 2.34. The summed E-state index contributed by atoms with van der Waals surface area (Å²) in [4.78, 5) is 15.9. The van der Waals surface area contributed by atoms with Crippen molar-refractivity contribution < 1.29 is 9.84 Å². The molecule has 8 nitrogen and oxygen atoms in total. The van der Waals surface area contributed by atoms with E-state index in [1.54, 1.807) is 6.20 Å². The van der Waals surface area contributed by atoms with E-state index < -0.39 is 0 Å². The van der Waals surface area contributed by atoms with Gasteiger partial charge in [-0.15, -0.1) is 0 Å². The number of hydrogen-bond acceptors (Lipinski definition) is 8. The minimum absolute atomic E-state index is 0.0376. The summed E-state index contributed by atoms with van der Waals surface area (Å²) in [6.07, 6.45) is 1.94. The van der Waals surface area contributed by atoms with Crippen molar-refractivity contribution in [3.8, 4) is 6.07 Å². The maximum absolute atomic E-state index is 9.49. The van der Waals surface area contributed by atoms with Crippen molar-refractivity contribution in [1.29, 1.82) is 5.26 Å². The molecule has 5 rings (SSSR count). The van der Waals surface area contributed by atoms with Crippen molar-refractivity contribution in [2.24, 2.45) is 0 Å². The number of benzene rings is 1. The molecular formula is C27H32N6O2. The normalized spacial score (nSPS) is 20.8. The smallest absolute Gasteiger partial charge is 0.101 e. The van der Waals surface area contributed by atoms with E-state index >= 15 is 0 Å². The van der Waals surface area contributed by atoms with Gasteiger partial charge in [-0.05, 0) is 57.3 Å². The van der Waals surface area contributed by atoms with Gasteiger partial charge >= 0.3 is 0 Å². The van der Waals surface area contributed by atoms with Crippen molar-refractivity contribution in [2.75, 3.05) is 49.6 Å². The van der Waals surface area contributed by atoms with E-state index in [0.717, 1.165) is 60.7 Å². The lowest BCUT2D eigenvalue weighted by Gasteiger charge is -2.47. The molecule has 3 aromatic rings. The summed E-state index contributed by atoms with van der Waals surface area (Å²) in [5.41, 5.74) is 5.24. The van der Waals surface area contributed by atoms with Crippen LogP contribution in [0.15, 0.2) is 42.6 Å². The standard InChI is InChI=1S/C27H32N6O2/c1-18-9-22(10-21(17-34)30-18)32-13-23(14-32)31(3)15-24-16-33(12-19(2)35-24)26-7-6-20(11-28)27-25(26)5-4-8-29-27/h4-10,19,23-24,34H,12-17H2,1-3H3. The third-order valence-electron chi connectivity index (χ3n) is 7.03. The molecule has 8 heteroatoms. The van der Waals surface area contributed by atoms with Gasteiger partial charge in [0.15, 0.2) is 0 Å². The molecule has 2 atom stereocenters. The maximum atomic E-state index is 9.49. The SMILES string of the molecule is Cc1cc(N2CC(N(C)CC3CN(c4ccc(C#N)c5ncccc45)CC(C)O3)C2)cc(CO)n1. The van der Waals surface area contributed by atoms with Gasteiger partial charge in [0.05, 0.1) is 35.6 Å². The van der Waals surface area contributed by atoms with E-state index in [4.69, 9.17) is 4.74 Å². The molecule has 35 heavy (non-hydrogen) atoms. The number of ether oxygens (including phenoxy) is 1. The number of likely N-dealkylation sites (N-methyl/N-ethyl adjacent to an activating group) is 1. The van der Waals surface area contributed by atoms with Gasteiger partial charge < -0.3 is 19.6 Å². The number of rotatable bonds is 6. The molecule has 4 heterocycles. The molecule has 0 bridgehead atoms. The van der Waals surface area contributed by atoms with Crippen LogP contribution in [0.5, 0.6) is 0 Å². The molecule has 2 fully saturated rings. The van der Waals surface area contributed by atoms with Crippen LogP contribution in [0.2, 0.25) is 0 Å². The second-order valence-electron chi connectivity index (χ2n) is 9.73. The van der Waals surface area contributed by atoms with Crippen molar-refractivity contribution in [1.82, 2.24) is 14.9 Å². The van der Waals surface area contributed by atoms with Gasteiger partial charge in [0, 0.05) is 67.4 Å². The predicted molar refractivity (Wildman–Crippen MR) is 137 cm³/mol. The second-order valence-corrected chi connectivity index (χ2v) is 9.73. The number of nitriles is 1. The third-order valence-corrected chi connectivity index (χ3v) is 7.03. The summed E-state index contributed by atoms with van der Waals surface area (Å²) in [6, 6.07) is 14.7. The highest BCUT2D eigenvalue weighted by atomic mass is 16.5. The van der Waals surface area contributed by atoms with Gasteiger partial charge in [0.1, 0.15) is 6.07 Å². The van der Waals surface area contributed by atoms with Crippen LogP contribution in [0.4, 0.5) is 11.4 Å². The maximum Gasteiger partial charge on any atom is 0.101 e. The number of aromatic nitrogens is 2. The fourth-order valence-corrected chi connectivity index (χ4v) is 5.26. The molecule has 2 aliphatic rings. The first-order chi connectivity index (χ1) is 16.9. The first-order valence-corrected chi connectivity index (χ1v) is 12.2. The van der Waals surface area contributed by atoms with Gasteiger partial charge in [0.25, 0.3) is 0 Å². The van der Waals surface area contributed by atoms with Crippen LogP contribution < -0.4 is 9.80 Å². The molecule has 1 aromatic carbocycles. The molecule has 182 valence electrons. The number of aryl methyl sites for hydroxylation is 1. The van der Waals surface area contributed by atoms with Gasteiger partial charge in [-0.1, -0.05) is 0 Å². The summed E-state index contributed by atoms with van der Waals surface area (Å²) in [5, 5.41) is 20.0. The fraction of sp³-hybridized carbons (Fsp3) is 0.444. The van der Waals surface area contributed by atoms with E-state index in [1.807, 2.05) is 37.3 Å². The van der Waals surface area contributed by atoms with Gasteiger partial charge in [-0.2, -0.15) is 5.26 Å². The number of aliphatic hydroxyl groups excluding tert-OH is 1. The topological polar surface area (TPSA) is 88.8 Å². The highest BCUT2D eigenvalue weighted by Crippen LogP contribution is 2.31. The van der Waals surface area contributed by atoms with Crippen LogP contribution in [0.3, 0.4) is 0 Å². The van der Waals surface area contributed by atoms with E-state index in [2.05, 4.69) is 50.8 Å². The third kappa shape index (κ3) is 4.80. The number of anilines is 2. The largest absolute Gasteiger partial charge is 0.390 e. The monoisotopic (exact) mass is 472 g/mol. The lowest BCUT2D eigenvalue weighted by atomic mass is 10.0. The number of fused-ring (bicyclic) bond motifs is 1. The number of pyridine rings is 2. The Kier molecular flexibility index (Phi) is 6.56. The van der Waals surface area contributed by atoms with Gasteiger partial charge in [0.2, 0.25) is 0 Å². The number of morpholine rings is 1. The molecule has 0 aliphatic carbocycles. The average Bonchev–Trinajstić information content (AvgIpc) is 2.81. The van der Waals surface area contributed by atoms with E-state index in [-0.39, 0.29) is 18.8 Å². The Bertz CT molecular complexity index is 1250. The van der Waals surface area contributed by atoms with Crippen LogP contribution in [-0.4, -0.2) is 78.0 Å². The summed E-state index contributed by atoms with van der Waals surface area (Å²) < 4.78 is 6.34. The average molecular weight is 473 g/mol. The van der Waals surface area contributed by atoms with E-state index in [9.17, 15) is 10.4 Å². The molecule has 0 saturated carbocycles. The minimum Gasteiger partial charge on any atom is -0.390 e. The summed E-state index contributed by atoms with van der Waals surface area (Å²) in [5.74, 6) is 0. The lowest BCUT2D eigenvalue weighted by Crippen LogP contribution is -2.61. The predicted octanol–water partition coefficient (Wildman–Crippen LogP) is 2.72. The zero-order valence-corrected chi connectivity index (χ0v) is 20.6. The molecule has 0 radical (unpaired) electrons. The Morgan fingerprint density at radius 1 is 1.17 bits per heavy atom. The fourth-order valence-electron chi connectivity index (χ4n) is 5.26. The zero-order valence-electron chi connectivity index (χ0n) is 20.6. The summed E-state index contributed by atoms with van der Waals surface area (Å²) in [7, 11) is 2.17. The zero-order chi connectivity index (χ0) is 24.5. The Hall–Kier alpha value is -3.25. The highest BCUT2D eigenvalue weighted by molar-refractivity contribution is 5.95. The molecule has 2 aliphatic heterocycles. The van der Waals surface area contributed by atoms with Gasteiger partial charge in [-0.25, -0.2) is 0 Å². The van der Waals surface area contributed by atoms with E-state index in [1.165, 1.54) is 0 Å². The van der Waals surface area contributed by atoms with Crippen LogP contribution in [-0.2, 0) is 11.3 Å². The van der Waals surface area contributed by atoms with Crippen molar-refractivity contribution >= 4 is 22.3 Å². The summed E-state index contributed by atoms with van der Waals surface area (Å²) >= 11 is 0. The lowest BCUT2D eigenvalue weighted by molar-refractivity contribution is -0.0354. The Morgan fingerprint density at radius 3 is 2.77 bits per heavy atom. The van der Waals surface area contributed by atoms with Crippen molar-refractivity contribution in [3.05, 3.63) is 59.5 Å². The molecular weight excluding hydrogens is 440 g/mol. The molecule has 0 spiro atoms. The van der Waals surface area contributed by atoms with Crippen molar-refractivity contribution in [2.45, 2.75) is 38.7 Å². The van der Waals surface area contributed by atoms with Crippen LogP contribution in [0.1, 0.15) is 23.9 Å². The Labute approximate surface area is 206 Å². The number of aliphatic hydroxyl groups is 1. The molecule has 0 amide bonds. The second kappa shape index (κ2) is 9.78. The summed E-state index contributed by atoms with van der Waals surface area (Å²) in [6.45, 7) is 8.40. The van der Waals surface area contributed by atoms with E-state index in [0.29, 0.717) is 17.3 Å². The molecule has 1 N–H and O–H groups in total. The van der Waals surface area contributed by atoms with Crippen LogP contribution >= 0.6 is 0 Å². The minimum atomic E-state index is -0.0376. The Morgan fingerprint density at radius 2 is 2.00 bits per heavy atom. The van der Waals surface area contributed by atoms with Crippen LogP contribution in [0.25, 0.3) is 10.9 Å². The van der Waals surface area contributed by atoms with Crippen LogP contribution in [0, 0.1) is 18.3 Å². The quantitative estimate of drug-likeness (QED) is 0.586. The first-order valence-electron chi connectivity index (χ1n) is 12.2. The van der Waals surface area contributed by atoms with Gasteiger partial charge in [-0.3, -0.25) is 14.9 Å². The van der Waals surface area contributed by atoms with Crippen molar-refractivity contribution in [3.63, 3.8) is 0 Å². The molecule has 2 aromatic heterocycles. The molecule has 2 saturated heterocycles. The molecule has 2 unspecified atom stereocenters. The Balaban J connectivity index is 1.25. The first kappa shape index (κ1) is 23.5. The number of nitrogens with zero attached hydrogens (tertiary/aromatic N) is 6.